The third-order valence-electron chi connectivity index (χ3n) is 4.77. The minimum atomic E-state index is -0.955. The Balaban J connectivity index is 1.62. The van der Waals surface area contributed by atoms with Gasteiger partial charge in [-0.15, -0.1) is 0 Å². The second-order valence-electron chi connectivity index (χ2n) is 6.89. The number of hydrogen-bond donors (Lipinski definition) is 0. The molecule has 0 N–H and O–H groups in total. The van der Waals surface area contributed by atoms with E-state index < -0.39 is 12.1 Å². The van der Waals surface area contributed by atoms with Crippen molar-refractivity contribution in [1.29, 1.82) is 0 Å². The lowest BCUT2D eigenvalue weighted by Gasteiger charge is -2.18. The van der Waals surface area contributed by atoms with Gasteiger partial charge in [0.2, 0.25) is 11.9 Å². The third-order valence-corrected chi connectivity index (χ3v) is 5.43. The first-order chi connectivity index (χ1) is 15.5. The molecule has 0 fully saturated rings. The van der Waals surface area contributed by atoms with Crippen molar-refractivity contribution in [2.24, 2.45) is 0 Å². The monoisotopic (exact) mass is 468 g/mol. The van der Waals surface area contributed by atoms with Crippen LogP contribution in [0.15, 0.2) is 72.5 Å². The number of rotatable bonds is 6. The van der Waals surface area contributed by atoms with E-state index in [9.17, 15) is 9.59 Å². The summed E-state index contributed by atoms with van der Waals surface area (Å²) >= 11 is 12.4. The van der Waals surface area contributed by atoms with E-state index in [1.807, 2.05) is 18.2 Å². The fourth-order valence-electron chi connectivity index (χ4n) is 3.25. The Morgan fingerprint density at radius 3 is 2.44 bits per heavy atom. The topological polar surface area (TPSA) is 61.8 Å². The van der Waals surface area contributed by atoms with Gasteiger partial charge in [0.1, 0.15) is 11.5 Å². The maximum atomic E-state index is 12.8. The molecule has 0 saturated carbocycles. The Kier molecular flexibility index (Phi) is 6.49. The maximum absolute atomic E-state index is 12.8. The molecule has 0 radical (unpaired) electrons. The predicted octanol–water partition coefficient (Wildman–Crippen LogP) is 6.29. The predicted molar refractivity (Wildman–Crippen MR) is 122 cm³/mol. The number of allylic oxidation sites excluding steroid dienone is 1. The molecule has 7 heteroatoms. The van der Waals surface area contributed by atoms with Crippen molar-refractivity contribution in [2.45, 2.75) is 13.0 Å². The zero-order valence-electron chi connectivity index (χ0n) is 17.0. The highest BCUT2D eigenvalue weighted by atomic mass is 35.5. The van der Waals surface area contributed by atoms with E-state index in [0.29, 0.717) is 38.2 Å². The molecule has 3 aromatic rings. The second kappa shape index (κ2) is 9.47. The van der Waals surface area contributed by atoms with Crippen LogP contribution < -0.4 is 9.47 Å². The molecule has 0 bridgehead atoms. The Bertz CT molecular complexity index is 1180. The summed E-state index contributed by atoms with van der Waals surface area (Å²) in [6, 6.07) is 18.9. The van der Waals surface area contributed by atoms with Gasteiger partial charge >= 0.3 is 5.97 Å². The van der Waals surface area contributed by atoms with E-state index in [2.05, 4.69) is 0 Å². The van der Waals surface area contributed by atoms with Crippen molar-refractivity contribution in [1.82, 2.24) is 0 Å². The van der Waals surface area contributed by atoms with Crippen LogP contribution in [0, 0.1) is 0 Å². The Morgan fingerprint density at radius 1 is 1.03 bits per heavy atom. The first-order valence-corrected chi connectivity index (χ1v) is 10.6. The van der Waals surface area contributed by atoms with E-state index >= 15 is 0 Å². The summed E-state index contributed by atoms with van der Waals surface area (Å²) in [4.78, 5) is 25.3. The molecular formula is C25H18Cl2O5. The van der Waals surface area contributed by atoms with Gasteiger partial charge in [-0.05, 0) is 37.3 Å². The van der Waals surface area contributed by atoms with Crippen LogP contribution >= 0.6 is 23.2 Å². The first kappa shape index (κ1) is 21.9. The summed E-state index contributed by atoms with van der Waals surface area (Å²) in [5.41, 5.74) is 1.52. The van der Waals surface area contributed by atoms with Crippen LogP contribution in [0.3, 0.4) is 0 Å². The van der Waals surface area contributed by atoms with E-state index in [4.69, 9.17) is 37.4 Å². The van der Waals surface area contributed by atoms with E-state index in [1.54, 1.807) is 55.5 Å². The van der Waals surface area contributed by atoms with Crippen LogP contribution in [0.5, 0.6) is 11.5 Å². The standard InChI is InChI=1S/C25H18Cl2O5/c1-2-30-25(29)24(15-7-4-3-5-8-15)31-16-11-12-17-21(13-16)32-22(23(17)28)14-18-19(26)9-6-10-20(18)27/h3-14,24H,2H2,1H3/b22-14-/t24-/m1/s1. The van der Waals surface area contributed by atoms with E-state index in [1.165, 1.54) is 6.08 Å². The van der Waals surface area contributed by atoms with Gasteiger partial charge in [0.25, 0.3) is 0 Å². The summed E-state index contributed by atoms with van der Waals surface area (Å²) in [6.45, 7) is 1.96. The Morgan fingerprint density at radius 2 is 1.75 bits per heavy atom. The summed E-state index contributed by atoms with van der Waals surface area (Å²) in [5.74, 6) is -0.0390. The molecule has 0 aromatic heterocycles. The van der Waals surface area contributed by atoms with Gasteiger partial charge in [-0.2, -0.15) is 0 Å². The molecule has 4 rings (SSSR count). The molecule has 3 aromatic carbocycles. The molecule has 1 atom stereocenters. The number of hydrogen-bond acceptors (Lipinski definition) is 5. The number of carbonyl (C=O) groups excluding carboxylic acids is 2. The molecule has 0 unspecified atom stereocenters. The maximum Gasteiger partial charge on any atom is 0.352 e. The lowest BCUT2D eigenvalue weighted by molar-refractivity contribution is -0.151. The molecule has 0 amide bonds. The average molecular weight is 469 g/mol. The Labute approximate surface area is 195 Å². The van der Waals surface area contributed by atoms with Gasteiger partial charge in [-0.25, -0.2) is 4.79 Å². The molecule has 1 aliphatic rings. The molecule has 1 heterocycles. The minimum absolute atomic E-state index is 0.0946. The number of ether oxygens (including phenoxy) is 3. The normalized spacial score (nSPS) is 14.6. The van der Waals surface area contributed by atoms with E-state index in [0.717, 1.165) is 0 Å². The quantitative estimate of drug-likeness (QED) is 0.314. The molecule has 162 valence electrons. The van der Waals surface area contributed by atoms with Crippen LogP contribution in [-0.2, 0) is 9.53 Å². The Hall–Kier alpha value is -3.28. The lowest BCUT2D eigenvalue weighted by atomic mass is 10.1. The first-order valence-electron chi connectivity index (χ1n) is 9.88. The van der Waals surface area contributed by atoms with Gasteiger partial charge in [-0.3, -0.25) is 4.79 Å². The van der Waals surface area contributed by atoms with Crippen molar-refractivity contribution < 1.29 is 23.8 Å². The number of carbonyl (C=O) groups is 2. The smallest absolute Gasteiger partial charge is 0.352 e. The SMILES string of the molecule is CCOC(=O)[C@H](Oc1ccc2c(c1)O/C(=C\c1c(Cl)cccc1Cl)C2=O)c1ccccc1. The molecule has 0 saturated heterocycles. The summed E-state index contributed by atoms with van der Waals surface area (Å²) in [5, 5.41) is 0.808. The summed E-state index contributed by atoms with van der Waals surface area (Å²) in [6.07, 6.45) is 0.557. The summed E-state index contributed by atoms with van der Waals surface area (Å²) < 4.78 is 16.9. The zero-order valence-corrected chi connectivity index (χ0v) is 18.5. The van der Waals surface area contributed by atoms with Crippen molar-refractivity contribution in [3.8, 4) is 11.5 Å². The van der Waals surface area contributed by atoms with Gasteiger partial charge in [-0.1, -0.05) is 59.6 Å². The van der Waals surface area contributed by atoms with Crippen LogP contribution in [-0.4, -0.2) is 18.4 Å². The van der Waals surface area contributed by atoms with Crippen LogP contribution in [0.1, 0.15) is 34.5 Å². The molecule has 1 aliphatic heterocycles. The number of fused-ring (bicyclic) bond motifs is 1. The van der Waals surface area contributed by atoms with Crippen molar-refractivity contribution in [3.63, 3.8) is 0 Å². The fraction of sp³-hybridized carbons (Fsp3) is 0.120. The molecule has 32 heavy (non-hydrogen) atoms. The highest BCUT2D eigenvalue weighted by molar-refractivity contribution is 6.37. The van der Waals surface area contributed by atoms with Crippen LogP contribution in [0.4, 0.5) is 0 Å². The van der Waals surface area contributed by atoms with Gasteiger partial charge < -0.3 is 14.2 Å². The number of Topliss-reactive ketones (excluding diaryl/α,β-unsaturated/α-hetero) is 1. The zero-order chi connectivity index (χ0) is 22.7. The number of halogens is 2. The molecular weight excluding hydrogens is 451 g/mol. The van der Waals surface area contributed by atoms with Gasteiger partial charge in [0, 0.05) is 27.2 Å². The average Bonchev–Trinajstić information content (AvgIpc) is 3.10. The van der Waals surface area contributed by atoms with Crippen LogP contribution in [0.25, 0.3) is 6.08 Å². The van der Waals surface area contributed by atoms with Gasteiger partial charge in [0.05, 0.1) is 12.2 Å². The van der Waals surface area contributed by atoms with Gasteiger partial charge in [0.15, 0.2) is 5.76 Å². The highest BCUT2D eigenvalue weighted by Crippen LogP contribution is 2.37. The largest absolute Gasteiger partial charge is 0.474 e. The van der Waals surface area contributed by atoms with Crippen molar-refractivity contribution in [3.05, 3.63) is 99.2 Å². The fourth-order valence-corrected chi connectivity index (χ4v) is 3.76. The van der Waals surface area contributed by atoms with Crippen LogP contribution in [0.2, 0.25) is 10.0 Å². The molecule has 5 nitrogen and oxygen atoms in total. The molecule has 0 spiro atoms. The van der Waals surface area contributed by atoms with Crippen molar-refractivity contribution >= 4 is 41.0 Å². The van der Waals surface area contributed by atoms with E-state index in [-0.39, 0.29) is 18.1 Å². The highest BCUT2D eigenvalue weighted by Gasteiger charge is 2.30. The number of ketones is 1. The minimum Gasteiger partial charge on any atom is -0.474 e. The molecule has 0 aliphatic carbocycles. The number of esters is 1. The third kappa shape index (κ3) is 4.49. The van der Waals surface area contributed by atoms with Crippen molar-refractivity contribution in [2.75, 3.05) is 6.61 Å². The number of benzene rings is 3. The second-order valence-corrected chi connectivity index (χ2v) is 7.71. The lowest BCUT2D eigenvalue weighted by Crippen LogP contribution is -2.21. The summed E-state index contributed by atoms with van der Waals surface area (Å²) in [7, 11) is 0.